The van der Waals surface area contributed by atoms with E-state index in [1.54, 1.807) is 11.0 Å². The number of aromatic nitrogens is 3. The van der Waals surface area contributed by atoms with Crippen LogP contribution in [0.3, 0.4) is 0 Å². The van der Waals surface area contributed by atoms with Gasteiger partial charge >= 0.3 is 0 Å². The maximum atomic E-state index is 4.23. The Morgan fingerprint density at radius 2 is 1.88 bits per heavy atom. The van der Waals surface area contributed by atoms with E-state index in [4.69, 9.17) is 0 Å². The molecule has 0 saturated heterocycles. The topological polar surface area (TPSA) is 42.7 Å². The molecule has 0 unspecified atom stereocenters. The molecule has 0 aliphatic rings. The summed E-state index contributed by atoms with van der Waals surface area (Å²) in [5.41, 5.74) is 1.37. The van der Waals surface area contributed by atoms with Gasteiger partial charge in [-0.05, 0) is 18.5 Å². The smallest absolute Gasteiger partial charge is 0.151 e. The van der Waals surface area contributed by atoms with Crippen molar-refractivity contribution in [1.82, 2.24) is 20.1 Å². The van der Waals surface area contributed by atoms with Gasteiger partial charge < -0.3 is 5.32 Å². The van der Waals surface area contributed by atoms with E-state index in [0.717, 1.165) is 31.8 Å². The van der Waals surface area contributed by atoms with E-state index in [-0.39, 0.29) is 0 Å². The third-order valence-electron chi connectivity index (χ3n) is 2.61. The van der Waals surface area contributed by atoms with Gasteiger partial charge in [0.15, 0.2) is 5.82 Å². The van der Waals surface area contributed by atoms with Gasteiger partial charge in [-0.25, -0.2) is 4.98 Å². The highest BCUT2D eigenvalue weighted by Crippen LogP contribution is 1.98. The molecule has 2 aromatic rings. The summed E-state index contributed by atoms with van der Waals surface area (Å²) in [6.07, 6.45) is 3.69. The SMILES string of the molecule is Cn1cnc(CCNCCc2ccccc2)n1. The van der Waals surface area contributed by atoms with Crippen molar-refractivity contribution < 1.29 is 0 Å². The van der Waals surface area contributed by atoms with Crippen LogP contribution >= 0.6 is 0 Å². The second-order valence-corrected chi connectivity index (χ2v) is 4.07. The van der Waals surface area contributed by atoms with Crippen molar-refractivity contribution in [3.8, 4) is 0 Å². The Labute approximate surface area is 102 Å². The van der Waals surface area contributed by atoms with E-state index in [1.807, 2.05) is 13.1 Å². The fourth-order valence-electron chi connectivity index (χ4n) is 1.70. The minimum Gasteiger partial charge on any atom is -0.316 e. The van der Waals surface area contributed by atoms with Crippen LogP contribution in [0.2, 0.25) is 0 Å². The van der Waals surface area contributed by atoms with Gasteiger partial charge in [0.05, 0.1) is 0 Å². The Kier molecular flexibility index (Phi) is 4.27. The van der Waals surface area contributed by atoms with Crippen molar-refractivity contribution in [2.75, 3.05) is 13.1 Å². The molecule has 0 atom stereocenters. The van der Waals surface area contributed by atoms with Gasteiger partial charge in [0.1, 0.15) is 6.33 Å². The maximum absolute atomic E-state index is 4.23. The Morgan fingerprint density at radius 3 is 2.59 bits per heavy atom. The van der Waals surface area contributed by atoms with Crippen LogP contribution < -0.4 is 5.32 Å². The Morgan fingerprint density at radius 1 is 1.12 bits per heavy atom. The van der Waals surface area contributed by atoms with Crippen molar-refractivity contribution in [3.05, 3.63) is 48.0 Å². The third kappa shape index (κ3) is 4.00. The lowest BCUT2D eigenvalue weighted by Gasteiger charge is -2.03. The number of nitrogens with one attached hydrogen (secondary N) is 1. The molecule has 4 heteroatoms. The zero-order valence-electron chi connectivity index (χ0n) is 10.1. The molecule has 2 rings (SSSR count). The molecule has 0 saturated carbocycles. The Hall–Kier alpha value is -1.68. The summed E-state index contributed by atoms with van der Waals surface area (Å²) in [5, 5.41) is 7.63. The fraction of sp³-hybridized carbons (Fsp3) is 0.385. The van der Waals surface area contributed by atoms with Gasteiger partial charge in [-0.3, -0.25) is 4.68 Å². The summed E-state index contributed by atoms with van der Waals surface area (Å²) in [5.74, 6) is 0.903. The summed E-state index contributed by atoms with van der Waals surface area (Å²) >= 11 is 0. The molecule has 90 valence electrons. The van der Waals surface area contributed by atoms with Crippen molar-refractivity contribution in [2.24, 2.45) is 7.05 Å². The molecule has 0 spiro atoms. The van der Waals surface area contributed by atoms with Crippen molar-refractivity contribution in [1.29, 1.82) is 0 Å². The van der Waals surface area contributed by atoms with E-state index >= 15 is 0 Å². The molecule has 1 N–H and O–H groups in total. The monoisotopic (exact) mass is 230 g/mol. The largest absolute Gasteiger partial charge is 0.316 e. The third-order valence-corrected chi connectivity index (χ3v) is 2.61. The van der Waals surface area contributed by atoms with Crippen molar-refractivity contribution >= 4 is 0 Å². The molecule has 0 amide bonds. The number of rotatable bonds is 6. The number of aryl methyl sites for hydroxylation is 1. The second kappa shape index (κ2) is 6.15. The molecule has 4 nitrogen and oxygen atoms in total. The van der Waals surface area contributed by atoms with Gasteiger partial charge in [-0.1, -0.05) is 30.3 Å². The highest BCUT2D eigenvalue weighted by atomic mass is 15.3. The number of nitrogens with zero attached hydrogens (tertiary/aromatic N) is 3. The van der Waals surface area contributed by atoms with Crippen LogP contribution in [0.15, 0.2) is 36.7 Å². The Bertz CT molecular complexity index is 436. The van der Waals surface area contributed by atoms with E-state index in [2.05, 4.69) is 39.7 Å². The molecule has 0 fully saturated rings. The van der Waals surface area contributed by atoms with E-state index < -0.39 is 0 Å². The van der Waals surface area contributed by atoms with Crippen molar-refractivity contribution in [2.45, 2.75) is 12.8 Å². The van der Waals surface area contributed by atoms with Crippen LogP contribution in [-0.2, 0) is 19.9 Å². The van der Waals surface area contributed by atoms with Crippen LogP contribution in [0.4, 0.5) is 0 Å². The molecule has 1 aromatic carbocycles. The summed E-state index contributed by atoms with van der Waals surface area (Å²) in [6.45, 7) is 1.92. The highest BCUT2D eigenvalue weighted by Gasteiger charge is 1.97. The first kappa shape index (κ1) is 11.8. The van der Waals surface area contributed by atoms with Crippen LogP contribution in [0, 0.1) is 0 Å². The van der Waals surface area contributed by atoms with Crippen LogP contribution in [0.1, 0.15) is 11.4 Å². The quantitative estimate of drug-likeness (QED) is 0.758. The standard InChI is InChI=1S/C13H18N4/c1-17-11-15-13(16-17)8-10-14-9-7-12-5-3-2-4-6-12/h2-6,11,14H,7-10H2,1H3. The molecule has 0 aliphatic heterocycles. The number of hydrogen-bond donors (Lipinski definition) is 1. The summed E-state index contributed by atoms with van der Waals surface area (Å²) in [6, 6.07) is 10.5. The normalized spacial score (nSPS) is 10.6. The zero-order valence-corrected chi connectivity index (χ0v) is 10.1. The maximum Gasteiger partial charge on any atom is 0.151 e. The predicted molar refractivity (Wildman–Crippen MR) is 67.7 cm³/mol. The fourth-order valence-corrected chi connectivity index (χ4v) is 1.70. The number of benzene rings is 1. The molecule has 1 aromatic heterocycles. The lowest BCUT2D eigenvalue weighted by atomic mass is 10.1. The average Bonchev–Trinajstić information content (AvgIpc) is 2.76. The summed E-state index contributed by atoms with van der Waals surface area (Å²) in [4.78, 5) is 4.18. The summed E-state index contributed by atoms with van der Waals surface area (Å²) < 4.78 is 1.74. The van der Waals surface area contributed by atoms with E-state index in [0.29, 0.717) is 0 Å². The van der Waals surface area contributed by atoms with Gasteiger partial charge in [0, 0.05) is 20.0 Å². The molecule has 0 bridgehead atoms. The minimum atomic E-state index is 0.885. The highest BCUT2D eigenvalue weighted by molar-refractivity contribution is 5.14. The van der Waals surface area contributed by atoms with Crippen LogP contribution in [0.5, 0.6) is 0 Å². The first-order chi connectivity index (χ1) is 8.34. The summed E-state index contributed by atoms with van der Waals surface area (Å²) in [7, 11) is 1.89. The molecular formula is C13H18N4. The molecule has 0 radical (unpaired) electrons. The number of hydrogen-bond acceptors (Lipinski definition) is 3. The molecular weight excluding hydrogens is 212 g/mol. The predicted octanol–water partition coefficient (Wildman–Crippen LogP) is 1.19. The van der Waals surface area contributed by atoms with E-state index in [9.17, 15) is 0 Å². The lowest BCUT2D eigenvalue weighted by molar-refractivity contribution is 0.659. The minimum absolute atomic E-state index is 0.885. The first-order valence-electron chi connectivity index (χ1n) is 5.94. The van der Waals surface area contributed by atoms with Gasteiger partial charge in [-0.15, -0.1) is 0 Å². The zero-order chi connectivity index (χ0) is 11.9. The van der Waals surface area contributed by atoms with Gasteiger partial charge in [0.25, 0.3) is 0 Å². The second-order valence-electron chi connectivity index (χ2n) is 4.07. The van der Waals surface area contributed by atoms with E-state index in [1.165, 1.54) is 5.56 Å². The average molecular weight is 230 g/mol. The van der Waals surface area contributed by atoms with Gasteiger partial charge in [-0.2, -0.15) is 5.10 Å². The molecule has 17 heavy (non-hydrogen) atoms. The van der Waals surface area contributed by atoms with Crippen LogP contribution in [-0.4, -0.2) is 27.9 Å². The molecule has 1 heterocycles. The lowest BCUT2D eigenvalue weighted by Crippen LogP contribution is -2.20. The molecule has 0 aliphatic carbocycles. The van der Waals surface area contributed by atoms with Gasteiger partial charge in [0.2, 0.25) is 0 Å². The van der Waals surface area contributed by atoms with Crippen LogP contribution in [0.25, 0.3) is 0 Å². The van der Waals surface area contributed by atoms with Crippen molar-refractivity contribution in [3.63, 3.8) is 0 Å². The Balaban J connectivity index is 1.61. The first-order valence-corrected chi connectivity index (χ1v) is 5.94.